The molecule has 0 aliphatic heterocycles. The normalized spacial score (nSPS) is 11.0. The Morgan fingerprint density at radius 3 is 2.00 bits per heavy atom. The van der Waals surface area contributed by atoms with Gasteiger partial charge in [-0.1, -0.05) is 48.9 Å². The number of anilines is 1. The molecule has 0 bridgehead atoms. The van der Waals surface area contributed by atoms with Crippen molar-refractivity contribution in [3.05, 3.63) is 65.5 Å². The van der Waals surface area contributed by atoms with Gasteiger partial charge in [-0.25, -0.2) is 8.42 Å². The van der Waals surface area contributed by atoms with E-state index >= 15 is 0 Å². The van der Waals surface area contributed by atoms with Gasteiger partial charge in [0.25, 0.3) is 0 Å². The van der Waals surface area contributed by atoms with Crippen molar-refractivity contribution in [2.24, 2.45) is 7.05 Å². The number of aromatic nitrogens is 1. The van der Waals surface area contributed by atoms with Gasteiger partial charge in [0.1, 0.15) is 0 Å². The molecule has 2 aromatic carbocycles. The van der Waals surface area contributed by atoms with E-state index in [4.69, 9.17) is 0 Å². The fraction of sp³-hybridized carbons (Fsp3) is 0.227. The number of ketones is 1. The van der Waals surface area contributed by atoms with Crippen LogP contribution in [0.25, 0.3) is 22.3 Å². The van der Waals surface area contributed by atoms with Crippen LogP contribution in [0.3, 0.4) is 0 Å². The van der Waals surface area contributed by atoms with Crippen molar-refractivity contribution in [1.82, 2.24) is 4.57 Å². The number of hydrogen-bond donors (Lipinski definition) is 2. The number of nitrogens with zero attached hydrogens (tertiary/aromatic N) is 1. The molecule has 6 heteroatoms. The van der Waals surface area contributed by atoms with Gasteiger partial charge >= 0.3 is 0 Å². The minimum Gasteiger partial charge on any atom is -0.344 e. The Balaban J connectivity index is 2.26. The van der Waals surface area contributed by atoms with Crippen molar-refractivity contribution in [2.75, 3.05) is 4.72 Å². The van der Waals surface area contributed by atoms with Gasteiger partial charge in [0.2, 0.25) is 10.9 Å². The van der Waals surface area contributed by atoms with Crippen LogP contribution >= 0.6 is 0 Å². The number of carbonyl (C=O) groups excluding carboxylic acids is 1. The molecular formula is C22H24N2O3S. The van der Waals surface area contributed by atoms with Gasteiger partial charge in [0, 0.05) is 36.0 Å². The molecule has 0 spiro atoms. The molecule has 3 rings (SSSR count). The van der Waals surface area contributed by atoms with Gasteiger partial charge in [0.15, 0.2) is 5.78 Å². The van der Waals surface area contributed by atoms with Crippen LogP contribution in [-0.4, -0.2) is 18.8 Å². The van der Waals surface area contributed by atoms with Gasteiger partial charge in [-0.05, 0) is 37.1 Å². The molecule has 0 unspecified atom stereocenters. The molecule has 0 fully saturated rings. The summed E-state index contributed by atoms with van der Waals surface area (Å²) < 4.78 is 26.1. The maximum atomic E-state index is 12.8. The van der Waals surface area contributed by atoms with Crippen LogP contribution in [0.5, 0.6) is 0 Å². The molecule has 0 atom stereocenters. The summed E-state index contributed by atoms with van der Waals surface area (Å²) in [5, 5.41) is 0. The highest BCUT2D eigenvalue weighted by Crippen LogP contribution is 2.40. The van der Waals surface area contributed by atoms with E-state index in [-0.39, 0.29) is 5.78 Å². The third kappa shape index (κ3) is 3.73. The number of thiol groups is 1. The summed E-state index contributed by atoms with van der Waals surface area (Å²) in [5.41, 5.74) is 7.19. The maximum Gasteiger partial charge on any atom is 0.222 e. The van der Waals surface area contributed by atoms with Crippen LogP contribution in [0.1, 0.15) is 35.1 Å². The molecule has 1 aromatic heterocycles. The summed E-state index contributed by atoms with van der Waals surface area (Å²) in [6, 6.07) is 15.4. The zero-order valence-corrected chi connectivity index (χ0v) is 17.3. The monoisotopic (exact) mass is 396 g/mol. The van der Waals surface area contributed by atoms with E-state index in [1.807, 2.05) is 44.5 Å². The topological polar surface area (TPSA) is 68.2 Å². The number of benzene rings is 2. The molecule has 0 saturated heterocycles. The predicted octanol–water partition coefficient (Wildman–Crippen LogP) is 4.51. The van der Waals surface area contributed by atoms with Crippen molar-refractivity contribution in [2.45, 2.75) is 27.2 Å². The number of carbonyl (C=O) groups is 1. The average Bonchev–Trinajstić information content (AvgIpc) is 2.93. The zero-order chi connectivity index (χ0) is 20.4. The molecule has 0 amide bonds. The molecule has 28 heavy (non-hydrogen) atoms. The van der Waals surface area contributed by atoms with Crippen molar-refractivity contribution < 1.29 is 13.2 Å². The first-order chi connectivity index (χ1) is 13.3. The third-order valence-corrected chi connectivity index (χ3v) is 5.45. The first-order valence-electron chi connectivity index (χ1n) is 9.14. The summed E-state index contributed by atoms with van der Waals surface area (Å²) in [6.45, 7) is 5.92. The minimum atomic E-state index is -2.71. The Morgan fingerprint density at radius 2 is 1.46 bits per heavy atom. The summed E-state index contributed by atoms with van der Waals surface area (Å²) >= 11 is 0. The summed E-state index contributed by atoms with van der Waals surface area (Å²) in [4.78, 5) is 12.8. The van der Waals surface area contributed by atoms with E-state index in [1.54, 1.807) is 12.1 Å². The number of hydrogen-bond acceptors (Lipinski definition) is 3. The Hall–Kier alpha value is -2.86. The maximum absolute atomic E-state index is 12.8. The Morgan fingerprint density at radius 1 is 0.929 bits per heavy atom. The second-order valence-electron chi connectivity index (χ2n) is 6.83. The number of Topliss-reactive ketones (excluding diaryl/α,β-unsaturated/α-hetero) is 1. The Bertz CT molecular complexity index is 1080. The minimum absolute atomic E-state index is 0.0730. The lowest BCUT2D eigenvalue weighted by atomic mass is 9.93. The quantitative estimate of drug-likeness (QED) is 0.476. The lowest BCUT2D eigenvalue weighted by Crippen LogP contribution is -2.06. The smallest absolute Gasteiger partial charge is 0.222 e. The fourth-order valence-corrected chi connectivity index (χ4v) is 3.83. The fourth-order valence-electron chi connectivity index (χ4n) is 3.47. The van der Waals surface area contributed by atoms with Crippen molar-refractivity contribution in [3.8, 4) is 22.3 Å². The van der Waals surface area contributed by atoms with E-state index in [0.29, 0.717) is 17.8 Å². The van der Waals surface area contributed by atoms with Gasteiger partial charge in [-0.15, -0.1) is 0 Å². The van der Waals surface area contributed by atoms with Crippen LogP contribution in [0.4, 0.5) is 5.69 Å². The summed E-state index contributed by atoms with van der Waals surface area (Å²) in [6.07, 6.45) is 0.411. The van der Waals surface area contributed by atoms with E-state index in [0.717, 1.165) is 27.9 Å². The van der Waals surface area contributed by atoms with Crippen LogP contribution in [0, 0.1) is 13.8 Å². The lowest BCUT2D eigenvalue weighted by molar-refractivity contribution is 0.0981. The van der Waals surface area contributed by atoms with E-state index in [1.165, 1.54) is 5.56 Å². The van der Waals surface area contributed by atoms with Gasteiger partial charge in [-0.2, -0.15) is 0 Å². The molecule has 0 aliphatic rings. The Kier molecular flexibility index (Phi) is 5.70. The van der Waals surface area contributed by atoms with Crippen LogP contribution in [-0.2, 0) is 17.9 Å². The summed E-state index contributed by atoms with van der Waals surface area (Å²) in [5.74, 6) is 0.0730. The zero-order valence-electron chi connectivity index (χ0n) is 16.4. The van der Waals surface area contributed by atoms with Gasteiger partial charge < -0.3 is 4.57 Å². The number of nitrogens with one attached hydrogen (secondary N) is 1. The van der Waals surface area contributed by atoms with Gasteiger partial charge in [0.05, 0.1) is 5.69 Å². The molecule has 146 valence electrons. The molecule has 0 radical (unpaired) electrons. The van der Waals surface area contributed by atoms with Crippen LogP contribution < -0.4 is 4.72 Å². The standard InChI is InChI=1S/C22H24N2O3S/c1-5-19(25)22-21(17-10-12-18(13-11-17)23-28(26)27)20(15(3)24(22)4)16-8-6-14(2)7-9-16/h6-13,28H,5H2,1-4H3,(H,23,26,27). The molecule has 0 saturated carbocycles. The highest BCUT2D eigenvalue weighted by atomic mass is 32.2. The Labute approximate surface area is 167 Å². The van der Waals surface area contributed by atoms with Crippen molar-refractivity contribution >= 4 is 22.4 Å². The highest BCUT2D eigenvalue weighted by molar-refractivity contribution is 7.73. The highest BCUT2D eigenvalue weighted by Gasteiger charge is 2.24. The largest absolute Gasteiger partial charge is 0.344 e. The average molecular weight is 397 g/mol. The first-order valence-corrected chi connectivity index (χ1v) is 10.3. The van der Waals surface area contributed by atoms with Crippen LogP contribution in [0.2, 0.25) is 0 Å². The molecule has 3 aromatic rings. The molecule has 1 N–H and O–H groups in total. The van der Waals surface area contributed by atoms with E-state index in [9.17, 15) is 13.2 Å². The molecular weight excluding hydrogens is 372 g/mol. The van der Waals surface area contributed by atoms with Crippen molar-refractivity contribution in [1.29, 1.82) is 0 Å². The number of rotatable bonds is 6. The van der Waals surface area contributed by atoms with Crippen LogP contribution in [0.15, 0.2) is 48.5 Å². The molecule has 1 heterocycles. The predicted molar refractivity (Wildman–Crippen MR) is 114 cm³/mol. The second kappa shape index (κ2) is 8.02. The molecule has 0 aliphatic carbocycles. The SMILES string of the molecule is CCC(=O)c1c(-c2ccc(N[SH](=O)=O)cc2)c(-c2ccc(C)cc2)c(C)n1C. The first kappa shape index (κ1) is 19.9. The van der Waals surface area contributed by atoms with E-state index < -0.39 is 10.9 Å². The third-order valence-electron chi connectivity index (χ3n) is 5.01. The lowest BCUT2D eigenvalue weighted by Gasteiger charge is -2.10. The van der Waals surface area contributed by atoms with Gasteiger partial charge in [-0.3, -0.25) is 9.52 Å². The van der Waals surface area contributed by atoms with Crippen molar-refractivity contribution in [3.63, 3.8) is 0 Å². The second-order valence-corrected chi connectivity index (χ2v) is 7.57. The number of aryl methyl sites for hydroxylation is 1. The van der Waals surface area contributed by atoms with E-state index in [2.05, 4.69) is 29.0 Å². The molecule has 5 nitrogen and oxygen atoms in total. The summed E-state index contributed by atoms with van der Waals surface area (Å²) in [7, 11) is -0.800.